The third-order valence-electron chi connectivity index (χ3n) is 3.92. The molecule has 1 aromatic carbocycles. The number of guanidine groups is 1. The molecule has 0 unspecified atom stereocenters. The summed E-state index contributed by atoms with van der Waals surface area (Å²) in [4.78, 5) is 15.8. The van der Waals surface area contributed by atoms with Crippen LogP contribution in [0.3, 0.4) is 0 Å². The lowest BCUT2D eigenvalue weighted by Crippen LogP contribution is -2.39. The number of halogens is 1. The molecule has 0 radical (unpaired) electrons. The monoisotopic (exact) mass is 460 g/mol. The Morgan fingerprint density at radius 3 is 2.64 bits per heavy atom. The number of rotatable bonds is 9. The lowest BCUT2D eigenvalue weighted by Gasteiger charge is -2.13. The van der Waals surface area contributed by atoms with E-state index in [9.17, 15) is 4.79 Å². The second kappa shape index (κ2) is 11.9. The fourth-order valence-electron chi connectivity index (χ4n) is 2.43. The van der Waals surface area contributed by atoms with Crippen LogP contribution in [0, 0.1) is 0 Å². The minimum Gasteiger partial charge on any atom is -0.496 e. The molecule has 1 fully saturated rings. The lowest BCUT2D eigenvalue weighted by atomic mass is 10.1. The molecule has 0 bridgehead atoms. The van der Waals surface area contributed by atoms with Gasteiger partial charge in [0.25, 0.3) is 0 Å². The number of hydrogen-bond donors (Lipinski definition) is 3. The zero-order chi connectivity index (χ0) is 17.2. The zero-order valence-corrected chi connectivity index (χ0v) is 17.3. The minimum absolute atomic E-state index is 0. The van der Waals surface area contributed by atoms with Crippen LogP contribution in [0.5, 0.6) is 5.75 Å². The van der Waals surface area contributed by atoms with Crippen molar-refractivity contribution in [2.45, 2.75) is 38.1 Å². The highest BCUT2D eigenvalue weighted by Gasteiger charge is 2.22. The van der Waals surface area contributed by atoms with Crippen molar-refractivity contribution in [3.05, 3.63) is 29.8 Å². The molecular formula is C18H29IN4O2. The average Bonchev–Trinajstić information content (AvgIpc) is 3.41. The number of benzene rings is 1. The van der Waals surface area contributed by atoms with Gasteiger partial charge in [-0.15, -0.1) is 24.0 Å². The molecule has 1 aromatic rings. The number of aliphatic imine (C=N–C) groups is 1. The van der Waals surface area contributed by atoms with Gasteiger partial charge in [0.15, 0.2) is 5.96 Å². The molecule has 0 saturated heterocycles. The molecule has 7 heteroatoms. The molecule has 0 aromatic heterocycles. The Bertz CT molecular complexity index is 562. The highest BCUT2D eigenvalue weighted by molar-refractivity contribution is 14.0. The van der Waals surface area contributed by atoms with Gasteiger partial charge in [0.05, 0.1) is 7.11 Å². The summed E-state index contributed by atoms with van der Waals surface area (Å²) in [5.41, 5.74) is 1.17. The summed E-state index contributed by atoms with van der Waals surface area (Å²) >= 11 is 0. The number of carbonyl (C=O) groups is 1. The highest BCUT2D eigenvalue weighted by Crippen LogP contribution is 2.18. The Balaban J connectivity index is 0.00000312. The summed E-state index contributed by atoms with van der Waals surface area (Å²) in [6, 6.07) is 8.45. The van der Waals surface area contributed by atoms with Gasteiger partial charge >= 0.3 is 0 Å². The van der Waals surface area contributed by atoms with Crippen molar-refractivity contribution in [2.75, 3.05) is 27.2 Å². The standard InChI is InChI=1S/C18H28N4O2.HI/c1-19-18(20-12-5-8-17(23)22-15-9-10-15)21-13-11-14-6-3-4-7-16(14)24-2;/h3-4,6-7,15H,5,8-13H2,1-2H3,(H,22,23)(H2,19,20,21);1H. The maximum Gasteiger partial charge on any atom is 0.220 e. The van der Waals surface area contributed by atoms with Gasteiger partial charge in [-0.25, -0.2) is 0 Å². The third kappa shape index (κ3) is 8.42. The zero-order valence-electron chi connectivity index (χ0n) is 15.0. The van der Waals surface area contributed by atoms with Crippen LogP contribution < -0.4 is 20.7 Å². The molecule has 0 atom stereocenters. The molecule has 0 heterocycles. The largest absolute Gasteiger partial charge is 0.496 e. The number of carbonyl (C=O) groups excluding carboxylic acids is 1. The predicted molar refractivity (Wildman–Crippen MR) is 112 cm³/mol. The van der Waals surface area contributed by atoms with E-state index in [2.05, 4.69) is 27.0 Å². The van der Waals surface area contributed by atoms with Gasteiger partial charge in [-0.1, -0.05) is 18.2 Å². The summed E-state index contributed by atoms with van der Waals surface area (Å²) in [5.74, 6) is 1.81. The highest BCUT2D eigenvalue weighted by atomic mass is 127. The van der Waals surface area contributed by atoms with Gasteiger partial charge in [-0.05, 0) is 37.3 Å². The Kier molecular flexibility index (Phi) is 10.3. The van der Waals surface area contributed by atoms with E-state index >= 15 is 0 Å². The second-order valence-corrected chi connectivity index (χ2v) is 5.93. The Labute approximate surface area is 167 Å². The van der Waals surface area contributed by atoms with Crippen LogP contribution in [-0.4, -0.2) is 45.2 Å². The van der Waals surface area contributed by atoms with Crippen molar-refractivity contribution in [1.29, 1.82) is 0 Å². The van der Waals surface area contributed by atoms with Crippen LogP contribution in [0.25, 0.3) is 0 Å². The maximum atomic E-state index is 11.6. The first kappa shape index (κ1) is 21.5. The number of ether oxygens (including phenoxy) is 1. The van der Waals surface area contributed by atoms with E-state index in [1.54, 1.807) is 14.2 Å². The van der Waals surface area contributed by atoms with Crippen LogP contribution >= 0.6 is 24.0 Å². The topological polar surface area (TPSA) is 74.8 Å². The van der Waals surface area contributed by atoms with E-state index in [-0.39, 0.29) is 29.9 Å². The number of nitrogens with zero attached hydrogens (tertiary/aromatic N) is 1. The normalized spacial score (nSPS) is 13.6. The Morgan fingerprint density at radius 1 is 1.24 bits per heavy atom. The molecule has 0 aliphatic heterocycles. The maximum absolute atomic E-state index is 11.6. The summed E-state index contributed by atoms with van der Waals surface area (Å²) in [6.07, 6.45) is 4.47. The van der Waals surface area contributed by atoms with Crippen LogP contribution in [-0.2, 0) is 11.2 Å². The lowest BCUT2D eigenvalue weighted by molar-refractivity contribution is -0.121. The summed E-state index contributed by atoms with van der Waals surface area (Å²) in [7, 11) is 3.43. The van der Waals surface area contributed by atoms with E-state index in [0.29, 0.717) is 12.5 Å². The summed E-state index contributed by atoms with van der Waals surface area (Å²) < 4.78 is 5.35. The van der Waals surface area contributed by atoms with Gasteiger partial charge in [-0.2, -0.15) is 0 Å². The third-order valence-corrected chi connectivity index (χ3v) is 3.92. The fourth-order valence-corrected chi connectivity index (χ4v) is 2.43. The number of hydrogen-bond acceptors (Lipinski definition) is 3. The number of nitrogens with one attached hydrogen (secondary N) is 3. The quantitative estimate of drug-likeness (QED) is 0.228. The Morgan fingerprint density at radius 2 is 1.96 bits per heavy atom. The molecular weight excluding hydrogens is 431 g/mol. The molecule has 0 spiro atoms. The van der Waals surface area contributed by atoms with Gasteiger partial charge in [-0.3, -0.25) is 9.79 Å². The molecule has 3 N–H and O–H groups in total. The van der Waals surface area contributed by atoms with Crippen molar-refractivity contribution in [1.82, 2.24) is 16.0 Å². The van der Waals surface area contributed by atoms with Crippen molar-refractivity contribution in [3.63, 3.8) is 0 Å². The molecule has 1 amide bonds. The number of para-hydroxylation sites is 1. The van der Waals surface area contributed by atoms with E-state index in [1.807, 2.05) is 18.2 Å². The SMILES string of the molecule is CN=C(NCCCC(=O)NC1CC1)NCCc1ccccc1OC.I. The molecule has 140 valence electrons. The van der Waals surface area contributed by atoms with Crippen molar-refractivity contribution >= 4 is 35.8 Å². The first-order chi connectivity index (χ1) is 11.7. The van der Waals surface area contributed by atoms with Crippen LogP contribution in [0.4, 0.5) is 0 Å². The van der Waals surface area contributed by atoms with Crippen LogP contribution in [0.2, 0.25) is 0 Å². The number of methoxy groups -OCH3 is 1. The van der Waals surface area contributed by atoms with Crippen molar-refractivity contribution in [3.8, 4) is 5.75 Å². The molecule has 6 nitrogen and oxygen atoms in total. The van der Waals surface area contributed by atoms with E-state index in [0.717, 1.165) is 50.5 Å². The van der Waals surface area contributed by atoms with Crippen molar-refractivity contribution < 1.29 is 9.53 Å². The summed E-state index contributed by atoms with van der Waals surface area (Å²) in [6.45, 7) is 1.49. The van der Waals surface area contributed by atoms with Crippen molar-refractivity contribution in [2.24, 2.45) is 4.99 Å². The number of amides is 1. The molecule has 2 rings (SSSR count). The Hall–Kier alpha value is -1.51. The average molecular weight is 460 g/mol. The predicted octanol–water partition coefficient (Wildman–Crippen LogP) is 2.08. The van der Waals surface area contributed by atoms with Crippen LogP contribution in [0.15, 0.2) is 29.3 Å². The fraction of sp³-hybridized carbons (Fsp3) is 0.556. The van der Waals surface area contributed by atoms with Gasteiger partial charge in [0, 0.05) is 32.6 Å². The minimum atomic E-state index is 0. The second-order valence-electron chi connectivity index (χ2n) is 5.93. The van der Waals surface area contributed by atoms with E-state index < -0.39 is 0 Å². The molecule has 1 aliphatic carbocycles. The van der Waals surface area contributed by atoms with E-state index in [1.165, 1.54) is 5.56 Å². The molecule has 1 saturated carbocycles. The summed E-state index contributed by atoms with van der Waals surface area (Å²) in [5, 5.41) is 9.51. The van der Waals surface area contributed by atoms with Gasteiger partial charge in [0.1, 0.15) is 5.75 Å². The van der Waals surface area contributed by atoms with E-state index in [4.69, 9.17) is 4.74 Å². The smallest absolute Gasteiger partial charge is 0.220 e. The van der Waals surface area contributed by atoms with Gasteiger partial charge < -0.3 is 20.7 Å². The first-order valence-electron chi connectivity index (χ1n) is 8.58. The van der Waals surface area contributed by atoms with Gasteiger partial charge in [0.2, 0.25) is 5.91 Å². The van der Waals surface area contributed by atoms with Crippen LogP contribution in [0.1, 0.15) is 31.2 Å². The molecule has 1 aliphatic rings. The molecule has 25 heavy (non-hydrogen) atoms. The first-order valence-corrected chi connectivity index (χ1v) is 8.58.